The number of benzene rings is 1. The molecule has 0 aromatic heterocycles. The van der Waals surface area contributed by atoms with Crippen LogP contribution in [0.25, 0.3) is 0 Å². The van der Waals surface area contributed by atoms with Crippen LogP contribution in [0, 0.1) is 0 Å². The Hall–Kier alpha value is -1.06. The number of hydrogen-bond donors (Lipinski definition) is 1. The number of rotatable bonds is 2. The fraction of sp³-hybridized carbons (Fsp3) is 0.600. The van der Waals surface area contributed by atoms with Crippen LogP contribution in [0.15, 0.2) is 18.2 Å². The van der Waals surface area contributed by atoms with Gasteiger partial charge in [-0.1, -0.05) is 19.1 Å². The molecule has 0 amide bonds. The molecule has 98 valence electrons. The molecule has 1 fully saturated rings. The second-order valence-electron chi connectivity index (χ2n) is 5.70. The smallest absolute Gasteiger partial charge is 0.0403 e. The van der Waals surface area contributed by atoms with Crippen molar-refractivity contribution in [1.29, 1.82) is 0 Å². The van der Waals surface area contributed by atoms with Gasteiger partial charge in [0.15, 0.2) is 0 Å². The molecule has 0 spiro atoms. The summed E-state index contributed by atoms with van der Waals surface area (Å²) in [5.41, 5.74) is 4.41. The summed E-state index contributed by atoms with van der Waals surface area (Å²) in [5, 5.41) is 3.41. The van der Waals surface area contributed by atoms with Crippen LogP contribution in [0.2, 0.25) is 0 Å². The lowest BCUT2D eigenvalue weighted by atomic mass is 10.0. The van der Waals surface area contributed by atoms with E-state index >= 15 is 0 Å². The second kappa shape index (κ2) is 4.90. The van der Waals surface area contributed by atoms with Gasteiger partial charge in [-0.05, 0) is 17.2 Å². The Kier molecular flexibility index (Phi) is 3.27. The van der Waals surface area contributed by atoms with Gasteiger partial charge in [0.1, 0.15) is 0 Å². The lowest BCUT2D eigenvalue weighted by Gasteiger charge is -2.27. The first-order valence-corrected chi connectivity index (χ1v) is 7.01. The zero-order valence-electron chi connectivity index (χ0n) is 11.4. The van der Waals surface area contributed by atoms with Crippen LogP contribution in [-0.2, 0) is 6.54 Å². The molecule has 0 aliphatic carbocycles. The quantitative estimate of drug-likeness (QED) is 0.854. The molecule has 0 bridgehead atoms. The van der Waals surface area contributed by atoms with Crippen molar-refractivity contribution in [3.05, 3.63) is 29.3 Å². The van der Waals surface area contributed by atoms with E-state index in [0.29, 0.717) is 5.92 Å². The van der Waals surface area contributed by atoms with Crippen molar-refractivity contribution in [2.75, 3.05) is 44.7 Å². The van der Waals surface area contributed by atoms with Crippen LogP contribution in [0.3, 0.4) is 0 Å². The van der Waals surface area contributed by atoms with E-state index in [4.69, 9.17) is 0 Å². The standard InChI is InChI=1S/C15H23N3/c1-12-10-17(2)15-9-13(3-4-14(12)15)11-18-7-5-16-6-8-18/h3-4,9,12,16H,5-8,10-11H2,1-2H3. The summed E-state index contributed by atoms with van der Waals surface area (Å²) in [7, 11) is 2.21. The molecule has 2 aliphatic rings. The molecule has 2 aliphatic heterocycles. The van der Waals surface area contributed by atoms with Crippen LogP contribution in [-0.4, -0.2) is 44.7 Å². The summed E-state index contributed by atoms with van der Waals surface area (Å²) in [4.78, 5) is 4.93. The van der Waals surface area contributed by atoms with Crippen molar-refractivity contribution >= 4 is 5.69 Å². The van der Waals surface area contributed by atoms with Gasteiger partial charge >= 0.3 is 0 Å². The van der Waals surface area contributed by atoms with Gasteiger partial charge in [0, 0.05) is 57.9 Å². The van der Waals surface area contributed by atoms with Crippen molar-refractivity contribution in [3.8, 4) is 0 Å². The maximum atomic E-state index is 3.41. The van der Waals surface area contributed by atoms with E-state index in [1.54, 1.807) is 0 Å². The third kappa shape index (κ3) is 2.25. The number of piperazine rings is 1. The second-order valence-corrected chi connectivity index (χ2v) is 5.70. The zero-order chi connectivity index (χ0) is 12.5. The van der Waals surface area contributed by atoms with Crippen molar-refractivity contribution in [2.45, 2.75) is 19.4 Å². The molecule has 18 heavy (non-hydrogen) atoms. The van der Waals surface area contributed by atoms with E-state index in [1.165, 1.54) is 29.9 Å². The Morgan fingerprint density at radius 3 is 2.83 bits per heavy atom. The van der Waals surface area contributed by atoms with Crippen LogP contribution in [0.4, 0.5) is 5.69 Å². The summed E-state index contributed by atoms with van der Waals surface area (Å²) >= 11 is 0. The molecule has 3 rings (SSSR count). The Bertz CT molecular complexity index is 424. The summed E-state index contributed by atoms with van der Waals surface area (Å²) in [6.07, 6.45) is 0. The predicted octanol–water partition coefficient (Wildman–Crippen LogP) is 1.65. The van der Waals surface area contributed by atoms with Crippen LogP contribution in [0.5, 0.6) is 0 Å². The minimum atomic E-state index is 0.679. The summed E-state index contributed by atoms with van der Waals surface area (Å²) in [6, 6.07) is 7.04. The molecule has 1 aromatic carbocycles. The van der Waals surface area contributed by atoms with E-state index in [1.807, 2.05) is 0 Å². The molecule has 1 N–H and O–H groups in total. The molecule has 2 heterocycles. The van der Waals surface area contributed by atoms with Gasteiger partial charge in [-0.2, -0.15) is 0 Å². The molecule has 0 radical (unpaired) electrons. The van der Waals surface area contributed by atoms with Gasteiger partial charge in [0.05, 0.1) is 0 Å². The van der Waals surface area contributed by atoms with E-state index in [2.05, 4.69) is 47.3 Å². The normalized spacial score (nSPS) is 24.3. The Morgan fingerprint density at radius 2 is 2.06 bits per heavy atom. The molecule has 1 saturated heterocycles. The molecule has 3 nitrogen and oxygen atoms in total. The zero-order valence-corrected chi connectivity index (χ0v) is 11.4. The highest BCUT2D eigenvalue weighted by Crippen LogP contribution is 2.35. The van der Waals surface area contributed by atoms with Gasteiger partial charge in [-0.15, -0.1) is 0 Å². The minimum Gasteiger partial charge on any atom is -0.374 e. The monoisotopic (exact) mass is 245 g/mol. The number of nitrogens with one attached hydrogen (secondary N) is 1. The maximum absolute atomic E-state index is 3.41. The summed E-state index contributed by atoms with van der Waals surface area (Å²) in [6.45, 7) is 9.17. The van der Waals surface area contributed by atoms with Crippen LogP contribution < -0.4 is 10.2 Å². The number of nitrogens with zero attached hydrogens (tertiary/aromatic N) is 2. The molecule has 0 saturated carbocycles. The van der Waals surface area contributed by atoms with Gasteiger partial charge in [-0.3, -0.25) is 4.90 Å². The number of hydrogen-bond acceptors (Lipinski definition) is 3. The maximum Gasteiger partial charge on any atom is 0.0403 e. The van der Waals surface area contributed by atoms with E-state index in [0.717, 1.165) is 26.2 Å². The number of likely N-dealkylation sites (N-methyl/N-ethyl adjacent to an activating group) is 1. The van der Waals surface area contributed by atoms with Gasteiger partial charge in [0.2, 0.25) is 0 Å². The van der Waals surface area contributed by atoms with E-state index < -0.39 is 0 Å². The van der Waals surface area contributed by atoms with Gasteiger partial charge in [-0.25, -0.2) is 0 Å². The van der Waals surface area contributed by atoms with Crippen molar-refractivity contribution < 1.29 is 0 Å². The topological polar surface area (TPSA) is 18.5 Å². The summed E-state index contributed by atoms with van der Waals surface area (Å²) in [5.74, 6) is 0.679. The van der Waals surface area contributed by atoms with Gasteiger partial charge < -0.3 is 10.2 Å². The fourth-order valence-corrected chi connectivity index (χ4v) is 3.17. The fourth-order valence-electron chi connectivity index (χ4n) is 3.17. The first-order valence-electron chi connectivity index (χ1n) is 7.01. The van der Waals surface area contributed by atoms with Crippen LogP contribution >= 0.6 is 0 Å². The Balaban J connectivity index is 1.76. The predicted molar refractivity (Wildman–Crippen MR) is 76.3 cm³/mol. The Morgan fingerprint density at radius 1 is 1.28 bits per heavy atom. The third-order valence-corrected chi connectivity index (χ3v) is 4.20. The Labute approximate surface area is 110 Å². The summed E-state index contributed by atoms with van der Waals surface area (Å²) < 4.78 is 0. The highest BCUT2D eigenvalue weighted by atomic mass is 15.2. The van der Waals surface area contributed by atoms with E-state index in [9.17, 15) is 0 Å². The molecule has 3 heteroatoms. The average molecular weight is 245 g/mol. The molecular formula is C15H23N3. The molecule has 1 aromatic rings. The van der Waals surface area contributed by atoms with Crippen LogP contribution in [0.1, 0.15) is 24.0 Å². The largest absolute Gasteiger partial charge is 0.374 e. The SMILES string of the molecule is CC1CN(C)c2cc(CN3CCNCC3)ccc21. The minimum absolute atomic E-state index is 0.679. The first kappa shape index (κ1) is 12.0. The third-order valence-electron chi connectivity index (χ3n) is 4.20. The lowest BCUT2D eigenvalue weighted by Crippen LogP contribution is -2.42. The van der Waals surface area contributed by atoms with Crippen molar-refractivity contribution in [3.63, 3.8) is 0 Å². The van der Waals surface area contributed by atoms with Crippen molar-refractivity contribution in [1.82, 2.24) is 10.2 Å². The highest BCUT2D eigenvalue weighted by molar-refractivity contribution is 5.60. The van der Waals surface area contributed by atoms with Gasteiger partial charge in [0.25, 0.3) is 0 Å². The lowest BCUT2D eigenvalue weighted by molar-refractivity contribution is 0.233. The highest BCUT2D eigenvalue weighted by Gasteiger charge is 2.23. The average Bonchev–Trinajstić information content (AvgIpc) is 2.66. The molecular weight excluding hydrogens is 222 g/mol. The molecule has 1 atom stereocenters. The number of anilines is 1. The number of fused-ring (bicyclic) bond motifs is 1. The van der Waals surface area contributed by atoms with Crippen molar-refractivity contribution in [2.24, 2.45) is 0 Å². The van der Waals surface area contributed by atoms with E-state index in [-0.39, 0.29) is 0 Å². The molecule has 1 unspecified atom stereocenters. The first-order chi connectivity index (χ1) is 8.74.